The summed E-state index contributed by atoms with van der Waals surface area (Å²) in [6.45, 7) is 1.91. The summed E-state index contributed by atoms with van der Waals surface area (Å²) in [6.07, 6.45) is 10.1. The zero-order chi connectivity index (χ0) is 19.5. The number of hydrogen-bond acceptors (Lipinski definition) is 5. The second-order valence-corrected chi connectivity index (χ2v) is 6.68. The third-order valence-electron chi connectivity index (χ3n) is 4.77. The van der Waals surface area contributed by atoms with E-state index in [-0.39, 0.29) is 11.9 Å². The Morgan fingerprint density at radius 1 is 1.32 bits per heavy atom. The summed E-state index contributed by atoms with van der Waals surface area (Å²) < 4.78 is 7.17. The van der Waals surface area contributed by atoms with E-state index in [2.05, 4.69) is 32.4 Å². The molecule has 142 valence electrons. The van der Waals surface area contributed by atoms with Gasteiger partial charge in [0.1, 0.15) is 5.69 Å². The van der Waals surface area contributed by atoms with E-state index in [9.17, 15) is 4.79 Å². The van der Waals surface area contributed by atoms with Gasteiger partial charge in [0.25, 0.3) is 0 Å². The highest BCUT2D eigenvalue weighted by atomic mass is 16.5. The minimum atomic E-state index is -0.168. The van der Waals surface area contributed by atoms with Crippen LogP contribution in [-0.4, -0.2) is 32.5 Å². The number of benzene rings is 1. The Balaban J connectivity index is 1.46. The molecule has 28 heavy (non-hydrogen) atoms. The van der Waals surface area contributed by atoms with Gasteiger partial charge in [-0.15, -0.1) is 0 Å². The fourth-order valence-corrected chi connectivity index (χ4v) is 3.41. The van der Waals surface area contributed by atoms with E-state index in [1.165, 1.54) is 17.2 Å². The summed E-state index contributed by atoms with van der Waals surface area (Å²) in [5.41, 5.74) is 4.07. The van der Waals surface area contributed by atoms with Crippen molar-refractivity contribution in [1.29, 1.82) is 0 Å². The van der Waals surface area contributed by atoms with Gasteiger partial charge in [-0.05, 0) is 37.0 Å². The summed E-state index contributed by atoms with van der Waals surface area (Å²) in [5, 5.41) is 3.05. The van der Waals surface area contributed by atoms with Gasteiger partial charge < -0.3 is 10.1 Å². The molecule has 0 fully saturated rings. The molecule has 0 radical (unpaired) electrons. The van der Waals surface area contributed by atoms with Crippen molar-refractivity contribution in [3.63, 3.8) is 0 Å². The van der Waals surface area contributed by atoms with Crippen LogP contribution < -0.4 is 10.1 Å². The highest BCUT2D eigenvalue weighted by molar-refractivity contribution is 5.91. The SMILES string of the molecule is COc1nc(/C=C/C(=O)NC2CCc3ccccc32)ncc1-n1cnc(C)c1. The topological polar surface area (TPSA) is 81.9 Å². The number of fused-ring (bicyclic) bond motifs is 1. The molecule has 4 rings (SSSR count). The van der Waals surface area contributed by atoms with Crippen molar-refractivity contribution in [2.75, 3.05) is 7.11 Å². The predicted octanol–water partition coefficient (Wildman–Crippen LogP) is 2.80. The lowest BCUT2D eigenvalue weighted by atomic mass is 10.1. The van der Waals surface area contributed by atoms with Crippen LogP contribution in [-0.2, 0) is 11.2 Å². The van der Waals surface area contributed by atoms with Crippen LogP contribution >= 0.6 is 0 Å². The maximum Gasteiger partial charge on any atom is 0.244 e. The highest BCUT2D eigenvalue weighted by Crippen LogP contribution is 2.30. The number of hydrogen-bond donors (Lipinski definition) is 1. The molecule has 2 heterocycles. The lowest BCUT2D eigenvalue weighted by molar-refractivity contribution is -0.117. The minimum Gasteiger partial charge on any atom is -0.479 e. The van der Waals surface area contributed by atoms with Gasteiger partial charge in [-0.2, -0.15) is 4.98 Å². The lowest BCUT2D eigenvalue weighted by Crippen LogP contribution is -2.25. The fraction of sp³-hybridized carbons (Fsp3) is 0.238. The van der Waals surface area contributed by atoms with Crippen LogP contribution in [0.25, 0.3) is 11.8 Å². The molecule has 0 saturated heterocycles. The van der Waals surface area contributed by atoms with Crippen LogP contribution in [0, 0.1) is 6.92 Å². The summed E-state index contributed by atoms with van der Waals surface area (Å²) in [7, 11) is 1.55. The molecule has 2 aromatic heterocycles. The van der Waals surface area contributed by atoms with Crippen LogP contribution in [0.1, 0.15) is 35.1 Å². The number of imidazole rings is 1. The number of ether oxygens (including phenoxy) is 1. The maximum atomic E-state index is 12.3. The zero-order valence-electron chi connectivity index (χ0n) is 15.8. The van der Waals surface area contributed by atoms with Crippen molar-refractivity contribution in [2.24, 2.45) is 0 Å². The third kappa shape index (κ3) is 3.64. The van der Waals surface area contributed by atoms with E-state index in [0.29, 0.717) is 17.4 Å². The number of methoxy groups -OCH3 is 1. The summed E-state index contributed by atoms with van der Waals surface area (Å²) in [6, 6.07) is 8.27. The molecule has 1 aromatic carbocycles. The number of rotatable bonds is 5. The molecule has 0 aliphatic heterocycles. The van der Waals surface area contributed by atoms with Crippen molar-refractivity contribution < 1.29 is 9.53 Å². The Kier molecular flexibility index (Phi) is 4.89. The Labute approximate surface area is 163 Å². The number of aryl methyl sites for hydroxylation is 2. The quantitative estimate of drug-likeness (QED) is 0.694. The third-order valence-corrected chi connectivity index (χ3v) is 4.77. The van der Waals surface area contributed by atoms with Crippen LogP contribution in [0.3, 0.4) is 0 Å². The second kappa shape index (κ2) is 7.64. The first-order valence-corrected chi connectivity index (χ1v) is 9.12. The summed E-state index contributed by atoms with van der Waals surface area (Å²) in [4.78, 5) is 25.2. The molecule has 7 nitrogen and oxygen atoms in total. The number of carbonyl (C=O) groups is 1. The lowest BCUT2D eigenvalue weighted by Gasteiger charge is -2.12. The van der Waals surface area contributed by atoms with Crippen LogP contribution in [0.4, 0.5) is 0 Å². The van der Waals surface area contributed by atoms with E-state index in [1.54, 1.807) is 30.3 Å². The highest BCUT2D eigenvalue weighted by Gasteiger charge is 2.22. The molecule has 1 N–H and O–H groups in total. The first-order chi connectivity index (χ1) is 13.6. The molecule has 3 aromatic rings. The van der Waals surface area contributed by atoms with Gasteiger partial charge in [0.2, 0.25) is 11.8 Å². The van der Waals surface area contributed by atoms with Crippen molar-refractivity contribution >= 4 is 12.0 Å². The van der Waals surface area contributed by atoms with Gasteiger partial charge in [0.05, 0.1) is 31.4 Å². The average Bonchev–Trinajstić information content (AvgIpc) is 3.33. The van der Waals surface area contributed by atoms with Crippen molar-refractivity contribution in [3.8, 4) is 11.6 Å². The van der Waals surface area contributed by atoms with Gasteiger partial charge in [-0.1, -0.05) is 24.3 Å². The van der Waals surface area contributed by atoms with Gasteiger partial charge in [0.15, 0.2) is 5.82 Å². The standard InChI is InChI=1S/C21H21N5O2/c1-14-12-26(13-23-14)18-11-22-19(25-21(18)28-2)9-10-20(27)24-17-8-7-15-5-3-4-6-16(15)17/h3-6,9-13,17H,7-8H2,1-2H3,(H,24,27)/b10-9+. The number of amides is 1. The molecule has 1 aliphatic carbocycles. The predicted molar refractivity (Wildman–Crippen MR) is 105 cm³/mol. The molecular weight excluding hydrogens is 354 g/mol. The van der Waals surface area contributed by atoms with E-state index in [1.807, 2.05) is 25.3 Å². The number of aromatic nitrogens is 4. The molecule has 0 saturated carbocycles. The number of carbonyl (C=O) groups excluding carboxylic acids is 1. The molecule has 7 heteroatoms. The fourth-order valence-electron chi connectivity index (χ4n) is 3.41. The minimum absolute atomic E-state index is 0.0515. The van der Waals surface area contributed by atoms with Gasteiger partial charge >= 0.3 is 0 Å². The van der Waals surface area contributed by atoms with E-state index in [4.69, 9.17) is 4.74 Å². The Bertz CT molecular complexity index is 1040. The smallest absolute Gasteiger partial charge is 0.244 e. The van der Waals surface area contributed by atoms with Crippen molar-refractivity contribution in [3.05, 3.63) is 71.7 Å². The number of nitrogens with one attached hydrogen (secondary N) is 1. The molecule has 0 spiro atoms. The van der Waals surface area contributed by atoms with Gasteiger partial charge in [-0.25, -0.2) is 9.97 Å². The molecule has 1 aliphatic rings. The molecule has 1 unspecified atom stereocenters. The molecule has 0 bridgehead atoms. The second-order valence-electron chi connectivity index (χ2n) is 6.68. The van der Waals surface area contributed by atoms with Gasteiger partial charge in [0, 0.05) is 12.3 Å². The molecule has 1 atom stereocenters. The Hall–Kier alpha value is -3.48. The Morgan fingerprint density at radius 3 is 2.96 bits per heavy atom. The monoisotopic (exact) mass is 375 g/mol. The van der Waals surface area contributed by atoms with Crippen molar-refractivity contribution in [2.45, 2.75) is 25.8 Å². The molecular formula is C21H21N5O2. The first kappa shape index (κ1) is 17.9. The zero-order valence-corrected chi connectivity index (χ0v) is 15.8. The first-order valence-electron chi connectivity index (χ1n) is 9.12. The van der Waals surface area contributed by atoms with Crippen LogP contribution in [0.15, 0.2) is 49.1 Å². The van der Waals surface area contributed by atoms with E-state index >= 15 is 0 Å². The average molecular weight is 375 g/mol. The van der Waals surface area contributed by atoms with E-state index in [0.717, 1.165) is 18.5 Å². The van der Waals surface area contributed by atoms with E-state index < -0.39 is 0 Å². The maximum absolute atomic E-state index is 12.3. The van der Waals surface area contributed by atoms with Crippen LogP contribution in [0.2, 0.25) is 0 Å². The summed E-state index contributed by atoms with van der Waals surface area (Å²) in [5.74, 6) is 0.648. The molecule has 1 amide bonds. The largest absolute Gasteiger partial charge is 0.479 e. The van der Waals surface area contributed by atoms with Crippen LogP contribution in [0.5, 0.6) is 5.88 Å². The van der Waals surface area contributed by atoms with Gasteiger partial charge in [-0.3, -0.25) is 9.36 Å². The normalized spacial score (nSPS) is 15.6. The Morgan fingerprint density at radius 2 is 2.18 bits per heavy atom. The summed E-state index contributed by atoms with van der Waals surface area (Å²) >= 11 is 0. The number of nitrogens with zero attached hydrogens (tertiary/aromatic N) is 4. The van der Waals surface area contributed by atoms with Crippen molar-refractivity contribution in [1.82, 2.24) is 24.8 Å².